The summed E-state index contributed by atoms with van der Waals surface area (Å²) in [6.07, 6.45) is 0.00771. The minimum absolute atomic E-state index is 0.222. The molecule has 2 N–H and O–H groups in total. The predicted octanol–water partition coefficient (Wildman–Crippen LogP) is 4.26. The summed E-state index contributed by atoms with van der Waals surface area (Å²) in [5, 5.41) is 15.1. The average molecular weight is 486 g/mol. The Labute approximate surface area is 203 Å². The molecular formula is C26H29F2N3O4. The van der Waals surface area contributed by atoms with Crippen LogP contribution in [0.3, 0.4) is 0 Å². The van der Waals surface area contributed by atoms with Gasteiger partial charge < -0.3 is 20.1 Å². The van der Waals surface area contributed by atoms with E-state index in [1.807, 2.05) is 0 Å². The van der Waals surface area contributed by atoms with E-state index in [4.69, 9.17) is 9.47 Å². The molecule has 1 heterocycles. The van der Waals surface area contributed by atoms with Gasteiger partial charge in [0, 0.05) is 32.5 Å². The third-order valence-electron chi connectivity index (χ3n) is 5.63. The number of benzene rings is 2. The number of nitriles is 1. The monoisotopic (exact) mass is 485 g/mol. The van der Waals surface area contributed by atoms with Crippen molar-refractivity contribution in [2.45, 2.75) is 57.2 Å². The van der Waals surface area contributed by atoms with Crippen LogP contribution in [0.4, 0.5) is 13.6 Å². The molecule has 2 aromatic carbocycles. The molecule has 1 aliphatic rings. The molecule has 0 unspecified atom stereocenters. The number of carbonyl (C=O) groups is 2. The van der Waals surface area contributed by atoms with Gasteiger partial charge in [-0.2, -0.15) is 5.26 Å². The first kappa shape index (κ1) is 26.1. The fraction of sp³-hybridized carbons (Fsp3) is 0.423. The maximum Gasteiger partial charge on any atom is 0.408 e. The fourth-order valence-electron chi connectivity index (χ4n) is 3.80. The van der Waals surface area contributed by atoms with E-state index < -0.39 is 40.8 Å². The lowest BCUT2D eigenvalue weighted by Gasteiger charge is -2.37. The number of hydrogen-bond donors (Lipinski definition) is 2. The molecule has 2 aromatic rings. The molecule has 7 nitrogen and oxygen atoms in total. The Morgan fingerprint density at radius 2 is 1.71 bits per heavy atom. The number of nitrogens with zero attached hydrogens (tertiary/aromatic N) is 1. The number of carbonyl (C=O) groups excluding carboxylic acids is 2. The van der Waals surface area contributed by atoms with Gasteiger partial charge in [0.2, 0.25) is 5.91 Å². The van der Waals surface area contributed by atoms with E-state index >= 15 is 0 Å². The SMILES string of the molecule is CC(C)(C)OC(=O)NC1(C(=O)N[C@H](C#N)Cc2ccc(-c3ccc(F)c(F)c3)cc2)CCOCC1. The summed E-state index contributed by atoms with van der Waals surface area (Å²) in [4.78, 5) is 25.6. The van der Waals surface area contributed by atoms with Crippen molar-refractivity contribution in [2.24, 2.45) is 0 Å². The Morgan fingerprint density at radius 1 is 1.09 bits per heavy atom. The van der Waals surface area contributed by atoms with Gasteiger partial charge in [-0.15, -0.1) is 0 Å². The molecule has 0 spiro atoms. The van der Waals surface area contributed by atoms with Gasteiger partial charge in [0.15, 0.2) is 11.6 Å². The average Bonchev–Trinajstić information content (AvgIpc) is 2.80. The molecule has 35 heavy (non-hydrogen) atoms. The molecule has 0 radical (unpaired) electrons. The van der Waals surface area contributed by atoms with Crippen molar-refractivity contribution in [1.82, 2.24) is 10.6 Å². The van der Waals surface area contributed by atoms with E-state index in [1.165, 1.54) is 6.07 Å². The quantitative estimate of drug-likeness (QED) is 0.637. The second-order valence-electron chi connectivity index (χ2n) is 9.51. The van der Waals surface area contributed by atoms with Crippen LogP contribution in [0.5, 0.6) is 0 Å². The van der Waals surface area contributed by atoms with Crippen molar-refractivity contribution >= 4 is 12.0 Å². The van der Waals surface area contributed by atoms with Crippen LogP contribution in [0.15, 0.2) is 42.5 Å². The Kier molecular flexibility index (Phi) is 8.07. The lowest BCUT2D eigenvalue weighted by molar-refractivity contribution is -0.132. The van der Waals surface area contributed by atoms with Gasteiger partial charge in [-0.05, 0) is 49.6 Å². The van der Waals surface area contributed by atoms with Crippen molar-refractivity contribution in [3.8, 4) is 17.2 Å². The third kappa shape index (κ3) is 6.99. The van der Waals surface area contributed by atoms with Crippen LogP contribution in [0, 0.1) is 23.0 Å². The molecule has 1 saturated heterocycles. The summed E-state index contributed by atoms with van der Waals surface area (Å²) in [6.45, 7) is 5.75. The van der Waals surface area contributed by atoms with Crippen LogP contribution >= 0.6 is 0 Å². The maximum absolute atomic E-state index is 13.5. The zero-order chi connectivity index (χ0) is 25.6. The molecule has 3 rings (SSSR count). The minimum atomic E-state index is -1.24. The molecular weight excluding hydrogens is 456 g/mol. The smallest absolute Gasteiger partial charge is 0.408 e. The first-order chi connectivity index (χ1) is 16.5. The predicted molar refractivity (Wildman–Crippen MR) is 125 cm³/mol. The van der Waals surface area contributed by atoms with E-state index in [0.717, 1.165) is 17.7 Å². The summed E-state index contributed by atoms with van der Waals surface area (Å²) in [5.41, 5.74) is 0.00708. The van der Waals surface area contributed by atoms with Gasteiger partial charge in [0.1, 0.15) is 17.2 Å². The molecule has 186 valence electrons. The molecule has 1 atom stereocenters. The van der Waals surface area contributed by atoms with E-state index in [0.29, 0.717) is 11.1 Å². The van der Waals surface area contributed by atoms with Crippen molar-refractivity contribution in [2.75, 3.05) is 13.2 Å². The molecule has 9 heteroatoms. The lowest BCUT2D eigenvalue weighted by atomic mass is 9.88. The van der Waals surface area contributed by atoms with Gasteiger partial charge in [0.05, 0.1) is 6.07 Å². The number of amides is 2. The lowest BCUT2D eigenvalue weighted by Crippen LogP contribution is -2.63. The summed E-state index contributed by atoms with van der Waals surface area (Å²) in [5.74, 6) is -2.32. The van der Waals surface area contributed by atoms with Crippen LogP contribution in [0.2, 0.25) is 0 Å². The molecule has 0 bridgehead atoms. The molecule has 0 aliphatic carbocycles. The van der Waals surface area contributed by atoms with Crippen molar-refractivity contribution in [3.05, 3.63) is 59.7 Å². The molecule has 0 saturated carbocycles. The normalized spacial score (nSPS) is 16.0. The van der Waals surface area contributed by atoms with Crippen LogP contribution < -0.4 is 10.6 Å². The Balaban J connectivity index is 1.69. The van der Waals surface area contributed by atoms with Gasteiger partial charge in [-0.1, -0.05) is 30.3 Å². The summed E-state index contributed by atoms with van der Waals surface area (Å²) in [7, 11) is 0. The Morgan fingerprint density at radius 3 is 2.29 bits per heavy atom. The second kappa shape index (κ2) is 10.8. The Hall–Kier alpha value is -3.51. The molecule has 1 aliphatic heterocycles. The van der Waals surface area contributed by atoms with Crippen molar-refractivity contribution in [3.63, 3.8) is 0 Å². The maximum atomic E-state index is 13.5. The first-order valence-electron chi connectivity index (χ1n) is 11.4. The standard InChI is InChI=1S/C26H29F2N3O4/c1-25(2,3)35-24(33)31-26(10-12-34-13-11-26)23(32)30-20(16-29)14-17-4-6-18(7-5-17)19-8-9-21(27)22(28)15-19/h4-9,15,20H,10-14H2,1-3H3,(H,30,32)(H,31,33)/t20-/m0/s1. The summed E-state index contributed by atoms with van der Waals surface area (Å²) < 4.78 is 37.4. The second-order valence-corrected chi connectivity index (χ2v) is 9.51. The fourth-order valence-corrected chi connectivity index (χ4v) is 3.80. The molecule has 2 amide bonds. The number of halogens is 2. The molecule has 1 fully saturated rings. The zero-order valence-electron chi connectivity index (χ0n) is 20.0. The highest BCUT2D eigenvalue weighted by Crippen LogP contribution is 2.24. The van der Waals surface area contributed by atoms with Crippen LogP contribution in [-0.2, 0) is 20.7 Å². The highest BCUT2D eigenvalue weighted by atomic mass is 19.2. The number of ether oxygens (including phenoxy) is 2. The minimum Gasteiger partial charge on any atom is -0.444 e. The van der Waals surface area contributed by atoms with Crippen LogP contribution in [0.1, 0.15) is 39.2 Å². The Bertz CT molecular complexity index is 1100. The summed E-state index contributed by atoms with van der Waals surface area (Å²) >= 11 is 0. The third-order valence-corrected chi connectivity index (χ3v) is 5.63. The van der Waals surface area contributed by atoms with Crippen molar-refractivity contribution < 1.29 is 27.8 Å². The van der Waals surface area contributed by atoms with Crippen LogP contribution in [-0.4, -0.2) is 42.4 Å². The highest BCUT2D eigenvalue weighted by molar-refractivity contribution is 5.90. The molecule has 0 aromatic heterocycles. The zero-order valence-corrected chi connectivity index (χ0v) is 20.0. The van der Waals surface area contributed by atoms with Gasteiger partial charge >= 0.3 is 6.09 Å². The van der Waals surface area contributed by atoms with E-state index in [1.54, 1.807) is 45.0 Å². The van der Waals surface area contributed by atoms with E-state index in [9.17, 15) is 23.6 Å². The largest absolute Gasteiger partial charge is 0.444 e. The number of nitrogens with one attached hydrogen (secondary N) is 2. The first-order valence-corrected chi connectivity index (χ1v) is 11.4. The van der Waals surface area contributed by atoms with Gasteiger partial charge in [-0.3, -0.25) is 4.79 Å². The number of alkyl carbamates (subject to hydrolysis) is 1. The van der Waals surface area contributed by atoms with Gasteiger partial charge in [0.25, 0.3) is 0 Å². The van der Waals surface area contributed by atoms with E-state index in [2.05, 4.69) is 16.7 Å². The highest BCUT2D eigenvalue weighted by Gasteiger charge is 2.43. The van der Waals surface area contributed by atoms with Crippen LogP contribution in [0.25, 0.3) is 11.1 Å². The van der Waals surface area contributed by atoms with E-state index in [-0.39, 0.29) is 32.5 Å². The summed E-state index contributed by atoms with van der Waals surface area (Å²) in [6, 6.07) is 11.9. The number of rotatable bonds is 6. The topological polar surface area (TPSA) is 100 Å². The van der Waals surface area contributed by atoms with Crippen molar-refractivity contribution in [1.29, 1.82) is 5.26 Å². The number of hydrogen-bond acceptors (Lipinski definition) is 5. The van der Waals surface area contributed by atoms with Gasteiger partial charge in [-0.25, -0.2) is 13.6 Å².